The molecule has 1 aromatic carbocycles. The first kappa shape index (κ1) is 24.8. The Morgan fingerprint density at radius 1 is 0.857 bits per heavy atom. The average molecular weight is 476 g/mol. The number of imidazole rings is 1. The molecule has 0 saturated heterocycles. The summed E-state index contributed by atoms with van der Waals surface area (Å²) in [7, 11) is 0. The van der Waals surface area contributed by atoms with E-state index >= 15 is 0 Å². The van der Waals surface area contributed by atoms with Crippen LogP contribution in [0.25, 0.3) is 22.7 Å². The molecule has 4 rings (SSSR count). The van der Waals surface area contributed by atoms with Crippen LogP contribution in [-0.4, -0.2) is 26.1 Å². The van der Waals surface area contributed by atoms with Gasteiger partial charge in [0.25, 0.3) is 0 Å². The van der Waals surface area contributed by atoms with Crippen molar-refractivity contribution in [3.8, 4) is 17.6 Å². The number of unbranched alkanes of at least 4 members (excludes halogenated alkanes) is 7. The van der Waals surface area contributed by atoms with Crippen LogP contribution in [0, 0.1) is 0 Å². The molecule has 3 heterocycles. The Balaban J connectivity index is 1.43. The fourth-order valence-corrected chi connectivity index (χ4v) is 4.36. The summed E-state index contributed by atoms with van der Waals surface area (Å²) in [5, 5.41) is 0. The van der Waals surface area contributed by atoms with Crippen LogP contribution in [0.5, 0.6) is 6.01 Å². The van der Waals surface area contributed by atoms with Gasteiger partial charge in [-0.05, 0) is 37.0 Å². The Bertz CT molecular complexity index is 1160. The van der Waals surface area contributed by atoms with Crippen molar-refractivity contribution < 1.29 is 9.15 Å². The third-order valence-electron chi connectivity index (χ3n) is 6.26. The predicted octanol–water partition coefficient (Wildman–Crippen LogP) is 6.82. The molecule has 0 radical (unpaired) electrons. The number of anilines is 1. The molecular weight excluding hydrogens is 438 g/mol. The molecule has 0 fully saturated rings. The van der Waals surface area contributed by atoms with Crippen LogP contribution in [0.4, 0.5) is 5.82 Å². The molecular formula is C28H37N5O2. The molecule has 7 nitrogen and oxygen atoms in total. The highest BCUT2D eigenvalue weighted by molar-refractivity contribution is 5.85. The van der Waals surface area contributed by atoms with E-state index in [9.17, 15) is 0 Å². The summed E-state index contributed by atoms with van der Waals surface area (Å²) in [6.07, 6.45) is 13.5. The second kappa shape index (κ2) is 12.9. The molecule has 0 amide bonds. The first-order chi connectivity index (χ1) is 17.3. The lowest BCUT2D eigenvalue weighted by atomic mass is 10.1. The monoisotopic (exact) mass is 475 g/mol. The van der Waals surface area contributed by atoms with E-state index in [-0.39, 0.29) is 0 Å². The zero-order valence-corrected chi connectivity index (χ0v) is 20.8. The molecule has 0 saturated carbocycles. The Morgan fingerprint density at radius 2 is 1.63 bits per heavy atom. The minimum absolute atomic E-state index is 0.297. The van der Waals surface area contributed by atoms with E-state index in [1.54, 1.807) is 6.26 Å². The lowest BCUT2D eigenvalue weighted by Crippen LogP contribution is -2.07. The van der Waals surface area contributed by atoms with Crippen LogP contribution in [0.2, 0.25) is 0 Å². The van der Waals surface area contributed by atoms with Crippen LogP contribution in [0.3, 0.4) is 0 Å². The van der Waals surface area contributed by atoms with Gasteiger partial charge in [-0.25, -0.2) is 4.98 Å². The van der Waals surface area contributed by atoms with E-state index in [1.165, 1.54) is 50.5 Å². The molecule has 0 unspecified atom stereocenters. The number of nitrogens with two attached hydrogens (primary N) is 1. The van der Waals surface area contributed by atoms with E-state index in [4.69, 9.17) is 24.9 Å². The van der Waals surface area contributed by atoms with E-state index in [0.29, 0.717) is 35.4 Å². The van der Waals surface area contributed by atoms with Gasteiger partial charge in [0, 0.05) is 6.54 Å². The van der Waals surface area contributed by atoms with Gasteiger partial charge >= 0.3 is 6.01 Å². The lowest BCUT2D eigenvalue weighted by Gasteiger charge is -2.09. The number of hydrogen-bond acceptors (Lipinski definition) is 6. The summed E-state index contributed by atoms with van der Waals surface area (Å²) in [6.45, 7) is 3.58. The molecule has 0 spiro atoms. The summed E-state index contributed by atoms with van der Waals surface area (Å²) in [4.78, 5) is 13.8. The highest BCUT2D eigenvalue weighted by atomic mass is 16.5. The maximum atomic E-state index is 6.28. The van der Waals surface area contributed by atoms with E-state index < -0.39 is 0 Å². The largest absolute Gasteiger partial charge is 0.463 e. The van der Waals surface area contributed by atoms with Gasteiger partial charge in [0.2, 0.25) is 0 Å². The smallest absolute Gasteiger partial charge is 0.320 e. The van der Waals surface area contributed by atoms with Crippen LogP contribution in [-0.2, 0) is 13.0 Å². The highest BCUT2D eigenvalue weighted by Crippen LogP contribution is 2.28. The van der Waals surface area contributed by atoms with Gasteiger partial charge in [-0.15, -0.1) is 0 Å². The SMILES string of the molecule is CCCCCCCCCCn1c(-c2ccco2)nc2c(N)nc(OCCCc3ccccc3)nc21. The summed E-state index contributed by atoms with van der Waals surface area (Å²) < 4.78 is 13.7. The second-order valence-corrected chi connectivity index (χ2v) is 9.04. The summed E-state index contributed by atoms with van der Waals surface area (Å²) in [6, 6.07) is 14.5. The molecule has 4 aromatic rings. The van der Waals surface area contributed by atoms with Crippen molar-refractivity contribution in [2.45, 2.75) is 77.7 Å². The first-order valence-corrected chi connectivity index (χ1v) is 13.0. The van der Waals surface area contributed by atoms with Gasteiger partial charge in [0.15, 0.2) is 28.6 Å². The van der Waals surface area contributed by atoms with Gasteiger partial charge in [-0.2, -0.15) is 9.97 Å². The minimum Gasteiger partial charge on any atom is -0.463 e. The van der Waals surface area contributed by atoms with Crippen LogP contribution in [0.1, 0.15) is 70.3 Å². The summed E-state index contributed by atoms with van der Waals surface area (Å²) in [5.41, 5.74) is 8.86. The van der Waals surface area contributed by atoms with E-state index in [0.717, 1.165) is 31.6 Å². The zero-order chi connectivity index (χ0) is 24.3. The molecule has 35 heavy (non-hydrogen) atoms. The fourth-order valence-electron chi connectivity index (χ4n) is 4.36. The number of nitrogens with zero attached hydrogens (tertiary/aromatic N) is 4. The third-order valence-corrected chi connectivity index (χ3v) is 6.26. The van der Waals surface area contributed by atoms with Crippen LogP contribution >= 0.6 is 0 Å². The molecule has 7 heteroatoms. The molecule has 3 aromatic heterocycles. The molecule has 0 bridgehead atoms. The van der Waals surface area contributed by atoms with E-state index in [1.807, 2.05) is 18.2 Å². The molecule has 0 aliphatic heterocycles. The Hall–Kier alpha value is -3.35. The van der Waals surface area contributed by atoms with Crippen LogP contribution < -0.4 is 10.5 Å². The van der Waals surface area contributed by atoms with Crippen molar-refractivity contribution in [2.24, 2.45) is 0 Å². The van der Waals surface area contributed by atoms with Gasteiger partial charge in [0.05, 0.1) is 12.9 Å². The Morgan fingerprint density at radius 3 is 2.37 bits per heavy atom. The van der Waals surface area contributed by atoms with Crippen molar-refractivity contribution in [3.05, 3.63) is 54.3 Å². The highest BCUT2D eigenvalue weighted by Gasteiger charge is 2.19. The standard InChI is InChI=1S/C28H37N5O2/c1-2-3-4-5-6-7-8-12-19-33-26(23-18-14-20-34-23)30-24-25(29)31-28(32-27(24)33)35-21-13-17-22-15-10-9-11-16-22/h9-11,14-16,18,20H,2-8,12-13,17,19,21H2,1H3,(H2,29,31,32). The number of ether oxygens (including phenoxy) is 1. The quantitative estimate of drug-likeness (QED) is 0.190. The van der Waals surface area contributed by atoms with Crippen molar-refractivity contribution in [3.63, 3.8) is 0 Å². The fraction of sp³-hybridized carbons (Fsp3) is 0.464. The van der Waals surface area contributed by atoms with Crippen molar-refractivity contribution in [1.29, 1.82) is 0 Å². The molecule has 0 aliphatic rings. The Kier molecular flexibility index (Phi) is 9.15. The predicted molar refractivity (Wildman–Crippen MR) is 140 cm³/mol. The third kappa shape index (κ3) is 6.84. The van der Waals surface area contributed by atoms with Crippen molar-refractivity contribution in [1.82, 2.24) is 19.5 Å². The van der Waals surface area contributed by atoms with Gasteiger partial charge in [-0.1, -0.05) is 82.2 Å². The molecule has 0 atom stereocenters. The number of aryl methyl sites for hydroxylation is 2. The van der Waals surface area contributed by atoms with Crippen molar-refractivity contribution >= 4 is 17.0 Å². The number of fused-ring (bicyclic) bond motifs is 1. The molecule has 0 aliphatic carbocycles. The van der Waals surface area contributed by atoms with Crippen molar-refractivity contribution in [2.75, 3.05) is 12.3 Å². The van der Waals surface area contributed by atoms with Crippen LogP contribution in [0.15, 0.2) is 53.1 Å². The average Bonchev–Trinajstić information content (AvgIpc) is 3.53. The van der Waals surface area contributed by atoms with Gasteiger partial charge in [0.1, 0.15) is 0 Å². The number of aromatic nitrogens is 4. The van der Waals surface area contributed by atoms with E-state index in [2.05, 4.69) is 40.7 Å². The van der Waals surface area contributed by atoms with Gasteiger partial charge < -0.3 is 19.5 Å². The second-order valence-electron chi connectivity index (χ2n) is 9.04. The number of benzene rings is 1. The normalized spacial score (nSPS) is 11.3. The number of nitrogen functional groups attached to an aromatic ring is 1. The molecule has 186 valence electrons. The number of furan rings is 1. The summed E-state index contributed by atoms with van der Waals surface area (Å²) >= 11 is 0. The molecule has 2 N–H and O–H groups in total. The Labute approximate surface area is 207 Å². The first-order valence-electron chi connectivity index (χ1n) is 13.0. The maximum absolute atomic E-state index is 6.28. The minimum atomic E-state index is 0.297. The summed E-state index contributed by atoms with van der Waals surface area (Å²) in [5.74, 6) is 1.76. The topological polar surface area (TPSA) is 92.0 Å². The zero-order valence-electron chi connectivity index (χ0n) is 20.8. The van der Waals surface area contributed by atoms with Gasteiger partial charge in [-0.3, -0.25) is 0 Å². The lowest BCUT2D eigenvalue weighted by molar-refractivity contribution is 0.288. The maximum Gasteiger partial charge on any atom is 0.320 e. The number of hydrogen-bond donors (Lipinski definition) is 1. The number of rotatable bonds is 15.